The molecule has 1 aromatic carbocycles. The van der Waals surface area contributed by atoms with Crippen LogP contribution < -0.4 is 5.32 Å². The summed E-state index contributed by atoms with van der Waals surface area (Å²) in [6.45, 7) is 4.95. The first-order valence-electron chi connectivity index (χ1n) is 7.87. The molecule has 1 fully saturated rings. The van der Waals surface area contributed by atoms with Gasteiger partial charge in [-0.3, -0.25) is 4.79 Å². The zero-order chi connectivity index (χ0) is 13.9. The Morgan fingerprint density at radius 1 is 1.30 bits per heavy atom. The number of rotatable bonds is 3. The molecule has 108 valence electrons. The lowest BCUT2D eigenvalue weighted by Gasteiger charge is -2.34. The summed E-state index contributed by atoms with van der Waals surface area (Å²) in [5, 5.41) is 3.48. The van der Waals surface area contributed by atoms with Gasteiger partial charge in [0.25, 0.3) is 0 Å². The lowest BCUT2D eigenvalue weighted by Crippen LogP contribution is -2.49. The summed E-state index contributed by atoms with van der Waals surface area (Å²) in [7, 11) is 0. The van der Waals surface area contributed by atoms with Crippen LogP contribution in [-0.2, 0) is 17.6 Å². The fourth-order valence-corrected chi connectivity index (χ4v) is 3.62. The van der Waals surface area contributed by atoms with E-state index in [1.165, 1.54) is 17.5 Å². The van der Waals surface area contributed by atoms with Crippen molar-refractivity contribution in [3.05, 3.63) is 35.4 Å². The Morgan fingerprint density at radius 3 is 2.65 bits per heavy atom. The second-order valence-electron chi connectivity index (χ2n) is 6.05. The van der Waals surface area contributed by atoms with Gasteiger partial charge >= 0.3 is 0 Å². The second-order valence-corrected chi connectivity index (χ2v) is 6.05. The Labute approximate surface area is 121 Å². The molecule has 1 N–H and O–H groups in total. The number of benzene rings is 1. The van der Waals surface area contributed by atoms with E-state index in [1.807, 2.05) is 0 Å². The third kappa shape index (κ3) is 2.73. The monoisotopic (exact) mass is 272 g/mol. The summed E-state index contributed by atoms with van der Waals surface area (Å²) in [6, 6.07) is 8.98. The maximum atomic E-state index is 12.7. The van der Waals surface area contributed by atoms with Crippen LogP contribution in [0.15, 0.2) is 24.3 Å². The second kappa shape index (κ2) is 5.96. The molecule has 1 amide bonds. The molecule has 1 saturated heterocycles. The van der Waals surface area contributed by atoms with Crippen LogP contribution in [0.25, 0.3) is 0 Å². The van der Waals surface area contributed by atoms with Gasteiger partial charge in [-0.1, -0.05) is 31.2 Å². The molecule has 0 bridgehead atoms. The minimum Gasteiger partial charge on any atom is -0.341 e. The van der Waals surface area contributed by atoms with Crippen LogP contribution in [0.5, 0.6) is 0 Å². The Kier molecular flexibility index (Phi) is 4.06. The van der Waals surface area contributed by atoms with Crippen molar-refractivity contribution >= 4 is 5.91 Å². The van der Waals surface area contributed by atoms with Gasteiger partial charge in [-0.2, -0.15) is 0 Å². The SMILES string of the molecule is CCNC1CCCN(C(=O)C2Cc3ccccc3C2)C1. The molecule has 1 atom stereocenters. The van der Waals surface area contributed by atoms with Crippen molar-refractivity contribution in [3.8, 4) is 0 Å². The van der Waals surface area contributed by atoms with Crippen molar-refractivity contribution in [1.29, 1.82) is 0 Å². The van der Waals surface area contributed by atoms with Crippen LogP contribution in [0.2, 0.25) is 0 Å². The summed E-state index contributed by atoms with van der Waals surface area (Å²) in [5.41, 5.74) is 2.73. The number of carbonyl (C=O) groups is 1. The molecule has 3 heteroatoms. The van der Waals surface area contributed by atoms with E-state index >= 15 is 0 Å². The van der Waals surface area contributed by atoms with E-state index in [4.69, 9.17) is 0 Å². The number of carbonyl (C=O) groups excluding carboxylic acids is 1. The molecule has 2 aliphatic rings. The number of amides is 1. The van der Waals surface area contributed by atoms with E-state index in [-0.39, 0.29) is 5.92 Å². The van der Waals surface area contributed by atoms with Crippen molar-refractivity contribution in [3.63, 3.8) is 0 Å². The van der Waals surface area contributed by atoms with Crippen molar-refractivity contribution in [1.82, 2.24) is 10.2 Å². The molecule has 0 saturated carbocycles. The molecule has 1 aromatic rings. The van der Waals surface area contributed by atoms with Crippen LogP contribution in [0.3, 0.4) is 0 Å². The maximum absolute atomic E-state index is 12.7. The largest absolute Gasteiger partial charge is 0.341 e. The molecule has 1 heterocycles. The van der Waals surface area contributed by atoms with E-state index < -0.39 is 0 Å². The molecule has 3 nitrogen and oxygen atoms in total. The Hall–Kier alpha value is -1.35. The van der Waals surface area contributed by atoms with Crippen molar-refractivity contribution in [2.75, 3.05) is 19.6 Å². The summed E-state index contributed by atoms with van der Waals surface area (Å²) >= 11 is 0. The highest BCUT2D eigenvalue weighted by atomic mass is 16.2. The summed E-state index contributed by atoms with van der Waals surface area (Å²) in [5.74, 6) is 0.538. The summed E-state index contributed by atoms with van der Waals surface area (Å²) in [6.07, 6.45) is 4.18. The van der Waals surface area contributed by atoms with E-state index in [9.17, 15) is 4.79 Å². The van der Waals surface area contributed by atoms with Gasteiger partial charge in [-0.05, 0) is 43.4 Å². The van der Waals surface area contributed by atoms with Gasteiger partial charge in [0.1, 0.15) is 0 Å². The van der Waals surface area contributed by atoms with Gasteiger partial charge in [-0.25, -0.2) is 0 Å². The fraction of sp³-hybridized carbons (Fsp3) is 0.588. The van der Waals surface area contributed by atoms with E-state index in [2.05, 4.69) is 41.4 Å². The zero-order valence-corrected chi connectivity index (χ0v) is 12.3. The van der Waals surface area contributed by atoms with Crippen molar-refractivity contribution in [2.24, 2.45) is 5.92 Å². The highest BCUT2D eigenvalue weighted by Crippen LogP contribution is 2.28. The van der Waals surface area contributed by atoms with Crippen LogP contribution >= 0.6 is 0 Å². The minimum absolute atomic E-state index is 0.174. The van der Waals surface area contributed by atoms with Crippen molar-refractivity contribution in [2.45, 2.75) is 38.6 Å². The Morgan fingerprint density at radius 2 is 2.00 bits per heavy atom. The van der Waals surface area contributed by atoms with Gasteiger partial charge in [-0.15, -0.1) is 0 Å². The van der Waals surface area contributed by atoms with Crippen LogP contribution in [-0.4, -0.2) is 36.5 Å². The minimum atomic E-state index is 0.174. The number of nitrogens with zero attached hydrogens (tertiary/aromatic N) is 1. The third-order valence-corrected chi connectivity index (χ3v) is 4.63. The average Bonchev–Trinajstić information content (AvgIpc) is 2.91. The number of fused-ring (bicyclic) bond motifs is 1. The molecule has 20 heavy (non-hydrogen) atoms. The molecule has 1 unspecified atom stereocenters. The van der Waals surface area contributed by atoms with Gasteiger partial charge in [0, 0.05) is 25.0 Å². The first-order chi connectivity index (χ1) is 9.78. The van der Waals surface area contributed by atoms with E-state index in [0.717, 1.165) is 38.9 Å². The Bertz CT molecular complexity index is 459. The highest BCUT2D eigenvalue weighted by Gasteiger charge is 2.32. The molecule has 1 aliphatic carbocycles. The lowest BCUT2D eigenvalue weighted by molar-refractivity contribution is -0.136. The molecule has 0 spiro atoms. The first kappa shape index (κ1) is 13.6. The number of hydrogen-bond donors (Lipinski definition) is 1. The first-order valence-corrected chi connectivity index (χ1v) is 7.87. The zero-order valence-electron chi connectivity index (χ0n) is 12.3. The summed E-state index contributed by atoms with van der Waals surface area (Å²) < 4.78 is 0. The van der Waals surface area contributed by atoms with Gasteiger partial charge in [0.05, 0.1) is 0 Å². The number of hydrogen-bond acceptors (Lipinski definition) is 2. The van der Waals surface area contributed by atoms with E-state index in [1.54, 1.807) is 0 Å². The lowest BCUT2D eigenvalue weighted by atomic mass is 10.0. The smallest absolute Gasteiger partial charge is 0.226 e. The molecule has 1 aliphatic heterocycles. The maximum Gasteiger partial charge on any atom is 0.226 e. The molecule has 0 aromatic heterocycles. The van der Waals surface area contributed by atoms with Crippen molar-refractivity contribution < 1.29 is 4.79 Å². The van der Waals surface area contributed by atoms with Gasteiger partial charge < -0.3 is 10.2 Å². The van der Waals surface area contributed by atoms with Crippen LogP contribution in [0.4, 0.5) is 0 Å². The number of nitrogens with one attached hydrogen (secondary N) is 1. The summed E-state index contributed by atoms with van der Waals surface area (Å²) in [4.78, 5) is 14.8. The number of likely N-dealkylation sites (N-methyl/N-ethyl adjacent to an activating group) is 1. The third-order valence-electron chi connectivity index (χ3n) is 4.63. The van der Waals surface area contributed by atoms with Crippen LogP contribution in [0, 0.1) is 5.92 Å². The standard InChI is InChI=1S/C17H24N2O/c1-2-18-16-8-5-9-19(12-16)17(20)15-10-13-6-3-4-7-14(13)11-15/h3-4,6-7,15-16,18H,2,5,8-12H2,1H3. The molecule has 0 radical (unpaired) electrons. The number of likely N-dealkylation sites (tertiary alicyclic amines) is 1. The predicted molar refractivity (Wildman–Crippen MR) is 80.6 cm³/mol. The molecular formula is C17H24N2O. The Balaban J connectivity index is 1.63. The highest BCUT2D eigenvalue weighted by molar-refractivity contribution is 5.80. The number of piperidine rings is 1. The fourth-order valence-electron chi connectivity index (χ4n) is 3.62. The van der Waals surface area contributed by atoms with Gasteiger partial charge in [0.2, 0.25) is 5.91 Å². The van der Waals surface area contributed by atoms with Gasteiger partial charge in [0.15, 0.2) is 0 Å². The normalized spacial score (nSPS) is 22.9. The molecular weight excluding hydrogens is 248 g/mol. The quantitative estimate of drug-likeness (QED) is 0.913. The van der Waals surface area contributed by atoms with E-state index in [0.29, 0.717) is 11.9 Å². The van der Waals surface area contributed by atoms with Crippen LogP contribution in [0.1, 0.15) is 30.9 Å². The topological polar surface area (TPSA) is 32.3 Å². The predicted octanol–water partition coefficient (Wildman–Crippen LogP) is 2.00. The molecule has 3 rings (SSSR count). The average molecular weight is 272 g/mol.